The lowest BCUT2D eigenvalue weighted by Crippen LogP contribution is -2.40. The summed E-state index contributed by atoms with van der Waals surface area (Å²) >= 11 is 0. The summed E-state index contributed by atoms with van der Waals surface area (Å²) in [5.74, 6) is 3.18. The minimum atomic E-state index is 0.631. The van der Waals surface area contributed by atoms with Crippen LogP contribution in [0.2, 0.25) is 0 Å². The predicted molar refractivity (Wildman–Crippen MR) is 108 cm³/mol. The SMILES string of the molecule is CCNC(=NCc1ccnc(OCC2CC2)c1)N(C)CCC1CCOCC1. The number of nitrogens with zero attached hydrogens (tertiary/aromatic N) is 3. The highest BCUT2D eigenvalue weighted by Gasteiger charge is 2.22. The molecule has 0 unspecified atom stereocenters. The number of rotatable bonds is 9. The fraction of sp³-hybridized carbons (Fsp3) is 0.714. The van der Waals surface area contributed by atoms with Crippen molar-refractivity contribution in [3.63, 3.8) is 0 Å². The molecular weight excluding hydrogens is 340 g/mol. The molecule has 1 aromatic rings. The fourth-order valence-electron chi connectivity index (χ4n) is 3.27. The minimum Gasteiger partial charge on any atom is -0.477 e. The lowest BCUT2D eigenvalue weighted by Gasteiger charge is -2.26. The highest BCUT2D eigenvalue weighted by atomic mass is 16.5. The lowest BCUT2D eigenvalue weighted by molar-refractivity contribution is 0.0625. The van der Waals surface area contributed by atoms with Gasteiger partial charge in [0.2, 0.25) is 5.88 Å². The van der Waals surface area contributed by atoms with E-state index in [1.165, 1.54) is 32.1 Å². The number of hydrogen-bond donors (Lipinski definition) is 1. The number of aliphatic imine (C=N–C) groups is 1. The van der Waals surface area contributed by atoms with Gasteiger partial charge in [0.25, 0.3) is 0 Å². The number of hydrogen-bond acceptors (Lipinski definition) is 4. The average Bonchev–Trinajstić information content (AvgIpc) is 3.53. The molecule has 0 atom stereocenters. The zero-order valence-electron chi connectivity index (χ0n) is 16.8. The number of guanidine groups is 1. The maximum absolute atomic E-state index is 5.78. The Morgan fingerprint density at radius 3 is 2.85 bits per heavy atom. The van der Waals surface area contributed by atoms with E-state index in [9.17, 15) is 0 Å². The molecule has 1 aromatic heterocycles. The molecule has 1 aliphatic carbocycles. The monoisotopic (exact) mass is 374 g/mol. The van der Waals surface area contributed by atoms with Crippen LogP contribution in [0.15, 0.2) is 23.3 Å². The molecule has 0 spiro atoms. The molecule has 0 radical (unpaired) electrons. The van der Waals surface area contributed by atoms with Crippen LogP contribution in [0.4, 0.5) is 0 Å². The Labute approximate surface area is 163 Å². The molecule has 0 bridgehead atoms. The van der Waals surface area contributed by atoms with Crippen molar-refractivity contribution in [3.05, 3.63) is 23.9 Å². The lowest BCUT2D eigenvalue weighted by atomic mass is 9.96. The molecule has 150 valence electrons. The Kier molecular flexibility index (Phi) is 7.75. The summed E-state index contributed by atoms with van der Waals surface area (Å²) in [4.78, 5) is 11.4. The van der Waals surface area contributed by atoms with Crippen LogP contribution >= 0.6 is 0 Å². The number of ether oxygens (including phenoxy) is 2. The van der Waals surface area contributed by atoms with Crippen molar-refractivity contribution < 1.29 is 9.47 Å². The van der Waals surface area contributed by atoms with Gasteiger partial charge in [-0.2, -0.15) is 0 Å². The van der Waals surface area contributed by atoms with Gasteiger partial charge < -0.3 is 19.7 Å². The number of aromatic nitrogens is 1. The molecule has 6 heteroatoms. The zero-order valence-corrected chi connectivity index (χ0v) is 16.8. The zero-order chi connectivity index (χ0) is 18.9. The Balaban J connectivity index is 1.51. The maximum Gasteiger partial charge on any atom is 0.213 e. The second-order valence-electron chi connectivity index (χ2n) is 7.69. The Bertz CT molecular complexity index is 598. The van der Waals surface area contributed by atoms with E-state index in [1.54, 1.807) is 0 Å². The molecule has 0 aromatic carbocycles. The second-order valence-corrected chi connectivity index (χ2v) is 7.69. The van der Waals surface area contributed by atoms with E-state index in [2.05, 4.69) is 29.2 Å². The fourth-order valence-corrected chi connectivity index (χ4v) is 3.27. The molecule has 6 nitrogen and oxygen atoms in total. The standard InChI is InChI=1S/C21H34N4O2/c1-3-22-21(25(2)11-7-17-8-12-26-13-9-17)24-15-19-6-10-23-20(14-19)27-16-18-4-5-18/h6,10,14,17-18H,3-5,7-9,11-13,15-16H2,1-2H3,(H,22,24). The summed E-state index contributed by atoms with van der Waals surface area (Å²) in [7, 11) is 2.12. The van der Waals surface area contributed by atoms with Gasteiger partial charge in [-0.15, -0.1) is 0 Å². The molecular formula is C21H34N4O2. The molecule has 0 amide bonds. The predicted octanol–water partition coefficient (Wildman–Crippen LogP) is 3.08. The van der Waals surface area contributed by atoms with Crippen LogP contribution in [0.1, 0.15) is 44.6 Å². The van der Waals surface area contributed by atoms with Crippen LogP contribution in [0.5, 0.6) is 5.88 Å². The second kappa shape index (κ2) is 10.5. The van der Waals surface area contributed by atoms with Crippen LogP contribution < -0.4 is 10.1 Å². The van der Waals surface area contributed by atoms with Crippen molar-refractivity contribution in [2.24, 2.45) is 16.8 Å². The molecule has 2 heterocycles. The van der Waals surface area contributed by atoms with E-state index < -0.39 is 0 Å². The van der Waals surface area contributed by atoms with E-state index in [1.807, 2.05) is 18.3 Å². The van der Waals surface area contributed by atoms with Crippen molar-refractivity contribution in [2.45, 2.75) is 45.6 Å². The first kappa shape index (κ1) is 19.9. The van der Waals surface area contributed by atoms with Crippen LogP contribution in [0.25, 0.3) is 0 Å². The van der Waals surface area contributed by atoms with Crippen molar-refractivity contribution in [3.8, 4) is 5.88 Å². The first-order valence-electron chi connectivity index (χ1n) is 10.4. The minimum absolute atomic E-state index is 0.631. The summed E-state index contributed by atoms with van der Waals surface area (Å²) in [5.41, 5.74) is 1.13. The average molecular weight is 375 g/mol. The van der Waals surface area contributed by atoms with Gasteiger partial charge in [0.15, 0.2) is 5.96 Å². The summed E-state index contributed by atoms with van der Waals surface area (Å²) < 4.78 is 11.2. The van der Waals surface area contributed by atoms with Gasteiger partial charge in [0, 0.05) is 45.6 Å². The third kappa shape index (κ3) is 7.01. The summed E-state index contributed by atoms with van der Waals surface area (Å²) in [6.07, 6.45) is 7.95. The van der Waals surface area contributed by atoms with Gasteiger partial charge in [-0.05, 0) is 62.5 Å². The summed E-state index contributed by atoms with van der Waals surface area (Å²) in [6, 6.07) is 4.02. The van der Waals surface area contributed by atoms with Gasteiger partial charge >= 0.3 is 0 Å². The third-order valence-corrected chi connectivity index (χ3v) is 5.28. The van der Waals surface area contributed by atoms with Gasteiger partial charge in [0.05, 0.1) is 13.2 Å². The van der Waals surface area contributed by atoms with E-state index >= 15 is 0 Å². The summed E-state index contributed by atoms with van der Waals surface area (Å²) in [5, 5.41) is 3.41. The van der Waals surface area contributed by atoms with Crippen LogP contribution in [0.3, 0.4) is 0 Å². The number of pyridine rings is 1. The van der Waals surface area contributed by atoms with E-state index in [0.29, 0.717) is 12.4 Å². The quantitative estimate of drug-likeness (QED) is 0.532. The molecule has 1 saturated carbocycles. The highest BCUT2D eigenvalue weighted by molar-refractivity contribution is 5.79. The first-order chi connectivity index (χ1) is 13.2. The third-order valence-electron chi connectivity index (χ3n) is 5.28. The molecule has 2 aliphatic rings. The molecule has 27 heavy (non-hydrogen) atoms. The molecule has 1 saturated heterocycles. The van der Waals surface area contributed by atoms with E-state index in [0.717, 1.165) is 56.3 Å². The van der Waals surface area contributed by atoms with Crippen LogP contribution in [-0.4, -0.2) is 55.8 Å². The van der Waals surface area contributed by atoms with Gasteiger partial charge in [0.1, 0.15) is 0 Å². The topological polar surface area (TPSA) is 59.0 Å². The molecule has 2 fully saturated rings. The van der Waals surface area contributed by atoms with E-state index in [-0.39, 0.29) is 0 Å². The molecule has 3 rings (SSSR count). The van der Waals surface area contributed by atoms with Crippen molar-refractivity contribution in [2.75, 3.05) is 40.0 Å². The van der Waals surface area contributed by atoms with Crippen molar-refractivity contribution >= 4 is 5.96 Å². The summed E-state index contributed by atoms with van der Waals surface area (Å²) in [6.45, 7) is 7.24. The van der Waals surface area contributed by atoms with Crippen LogP contribution in [-0.2, 0) is 11.3 Å². The van der Waals surface area contributed by atoms with Crippen molar-refractivity contribution in [1.29, 1.82) is 0 Å². The molecule has 1 N–H and O–H groups in total. The molecule has 1 aliphatic heterocycles. The Morgan fingerprint density at radius 2 is 2.11 bits per heavy atom. The first-order valence-corrected chi connectivity index (χ1v) is 10.4. The van der Waals surface area contributed by atoms with E-state index in [4.69, 9.17) is 14.5 Å². The maximum atomic E-state index is 5.78. The largest absolute Gasteiger partial charge is 0.477 e. The van der Waals surface area contributed by atoms with Gasteiger partial charge in [-0.3, -0.25) is 0 Å². The van der Waals surface area contributed by atoms with Crippen LogP contribution in [0, 0.1) is 11.8 Å². The normalized spacial score (nSPS) is 18.4. The van der Waals surface area contributed by atoms with Gasteiger partial charge in [-0.25, -0.2) is 9.98 Å². The smallest absolute Gasteiger partial charge is 0.213 e. The Morgan fingerprint density at radius 1 is 1.30 bits per heavy atom. The van der Waals surface area contributed by atoms with Gasteiger partial charge in [-0.1, -0.05) is 0 Å². The highest BCUT2D eigenvalue weighted by Crippen LogP contribution is 2.29. The Hall–Kier alpha value is -1.82. The van der Waals surface area contributed by atoms with Crippen molar-refractivity contribution in [1.82, 2.24) is 15.2 Å². The number of nitrogens with one attached hydrogen (secondary N) is 1.